The Bertz CT molecular complexity index is 935. The van der Waals surface area contributed by atoms with Gasteiger partial charge in [0.15, 0.2) is 0 Å². The van der Waals surface area contributed by atoms with Crippen LogP contribution in [0.2, 0.25) is 5.02 Å². The summed E-state index contributed by atoms with van der Waals surface area (Å²) >= 11 is 6.07. The van der Waals surface area contributed by atoms with Crippen LogP contribution in [0.1, 0.15) is 39.2 Å². The van der Waals surface area contributed by atoms with Crippen LogP contribution in [0.15, 0.2) is 24.3 Å². The molecule has 3 heterocycles. The van der Waals surface area contributed by atoms with Crippen molar-refractivity contribution in [3.63, 3.8) is 0 Å². The number of anilines is 2. The van der Waals surface area contributed by atoms with E-state index in [2.05, 4.69) is 42.4 Å². The van der Waals surface area contributed by atoms with Gasteiger partial charge >= 0.3 is 0 Å². The number of nitrogens with one attached hydrogen (secondary N) is 2. The van der Waals surface area contributed by atoms with Gasteiger partial charge in [-0.2, -0.15) is 4.98 Å². The highest BCUT2D eigenvalue weighted by molar-refractivity contribution is 6.30. The number of aromatic nitrogens is 3. The molecule has 2 fully saturated rings. The zero-order valence-corrected chi connectivity index (χ0v) is 20.3. The first kappa shape index (κ1) is 23.8. The normalized spacial score (nSPS) is 23.0. The molecule has 2 atom stereocenters. The highest BCUT2D eigenvalue weighted by Crippen LogP contribution is 2.27. The molecule has 1 amide bonds. The van der Waals surface area contributed by atoms with E-state index in [9.17, 15) is 4.79 Å². The maximum Gasteiger partial charge on any atom is 0.250 e. The smallest absolute Gasteiger partial charge is 0.250 e. The molecule has 0 aliphatic carbocycles. The summed E-state index contributed by atoms with van der Waals surface area (Å²) in [6.45, 7) is 8.74. The summed E-state index contributed by atoms with van der Waals surface area (Å²) in [6.07, 6.45) is 2.29. The molecule has 10 heteroatoms. The minimum atomic E-state index is -0.475. The number of morpholine rings is 1. The lowest BCUT2D eigenvalue weighted by Gasteiger charge is -2.46. The monoisotopic (exact) mass is 475 g/mol. The van der Waals surface area contributed by atoms with Crippen molar-refractivity contribution < 1.29 is 9.53 Å². The van der Waals surface area contributed by atoms with Crippen molar-refractivity contribution in [1.82, 2.24) is 25.4 Å². The predicted octanol–water partition coefficient (Wildman–Crippen LogP) is 2.24. The zero-order valence-electron chi connectivity index (χ0n) is 19.6. The van der Waals surface area contributed by atoms with Crippen LogP contribution in [0, 0.1) is 0 Å². The van der Waals surface area contributed by atoms with Gasteiger partial charge in [0.1, 0.15) is 6.10 Å². The first-order valence-corrected chi connectivity index (χ1v) is 11.9. The number of nitrogens with two attached hydrogens (primary N) is 1. The van der Waals surface area contributed by atoms with E-state index in [1.807, 2.05) is 32.9 Å². The highest BCUT2D eigenvalue weighted by atomic mass is 35.5. The number of aromatic amines is 1. The number of piperidine rings is 1. The van der Waals surface area contributed by atoms with Gasteiger partial charge < -0.3 is 20.7 Å². The van der Waals surface area contributed by atoms with Crippen LogP contribution in [-0.2, 0) is 16.0 Å². The van der Waals surface area contributed by atoms with Crippen LogP contribution in [0.4, 0.5) is 11.9 Å². The van der Waals surface area contributed by atoms with Crippen LogP contribution in [0.25, 0.3) is 0 Å². The molecule has 1 aromatic carbocycles. The minimum absolute atomic E-state index is 0.0499. The molecule has 0 radical (unpaired) electrons. The number of rotatable bonds is 5. The summed E-state index contributed by atoms with van der Waals surface area (Å²) in [5.41, 5.74) is 6.61. The summed E-state index contributed by atoms with van der Waals surface area (Å²) in [4.78, 5) is 21.8. The molecular weight excluding hydrogens is 442 g/mol. The number of nitrogens with zero attached hydrogens (tertiary/aromatic N) is 4. The lowest BCUT2D eigenvalue weighted by Crippen LogP contribution is -2.61. The third kappa shape index (κ3) is 6.16. The Balaban J connectivity index is 1.46. The first-order valence-electron chi connectivity index (χ1n) is 11.5. The molecule has 180 valence electrons. The summed E-state index contributed by atoms with van der Waals surface area (Å²) in [5, 5.41) is 10.7. The molecule has 0 unspecified atom stereocenters. The lowest BCUT2D eigenvalue weighted by atomic mass is 9.96. The Labute approximate surface area is 200 Å². The molecule has 0 spiro atoms. The van der Waals surface area contributed by atoms with Crippen LogP contribution in [-0.4, -0.2) is 76.0 Å². The standard InChI is InChI=1S/C23H34ClN7O2/c1-23(2,3)27-20(32)19-13-31(18(14-33-19)12-15-4-6-16(24)7-5-15)17-8-10-30(11-9-17)22-26-21(25)28-29-22/h4-7,17-19H,8-14H2,1-3H3,(H,27,32)(H3,25,26,28,29)/t18-,19+/m0/s1. The quantitative estimate of drug-likeness (QED) is 0.607. The maximum atomic E-state index is 12.9. The molecule has 1 aromatic heterocycles. The summed E-state index contributed by atoms with van der Waals surface area (Å²) in [6, 6.07) is 8.52. The fourth-order valence-electron chi connectivity index (χ4n) is 4.64. The third-order valence-electron chi connectivity index (χ3n) is 6.22. The fourth-order valence-corrected chi connectivity index (χ4v) is 4.77. The van der Waals surface area contributed by atoms with Gasteiger partial charge in [-0.1, -0.05) is 23.7 Å². The second kappa shape index (κ2) is 9.87. The van der Waals surface area contributed by atoms with Gasteiger partial charge in [0.05, 0.1) is 6.61 Å². The van der Waals surface area contributed by atoms with Gasteiger partial charge in [-0.15, -0.1) is 5.10 Å². The van der Waals surface area contributed by atoms with Crippen molar-refractivity contribution in [3.8, 4) is 0 Å². The Morgan fingerprint density at radius 3 is 2.58 bits per heavy atom. The molecule has 2 aromatic rings. The van der Waals surface area contributed by atoms with E-state index >= 15 is 0 Å². The molecule has 33 heavy (non-hydrogen) atoms. The van der Waals surface area contributed by atoms with E-state index in [4.69, 9.17) is 22.1 Å². The van der Waals surface area contributed by atoms with Gasteiger partial charge in [-0.05, 0) is 57.7 Å². The van der Waals surface area contributed by atoms with Crippen molar-refractivity contribution in [2.75, 3.05) is 36.9 Å². The number of ether oxygens (including phenoxy) is 1. The number of amides is 1. The molecule has 4 rings (SSSR count). The van der Waals surface area contributed by atoms with Crippen LogP contribution in [0.5, 0.6) is 0 Å². The van der Waals surface area contributed by atoms with Crippen molar-refractivity contribution in [1.29, 1.82) is 0 Å². The third-order valence-corrected chi connectivity index (χ3v) is 6.47. The lowest BCUT2D eigenvalue weighted by molar-refractivity contribution is -0.146. The molecule has 2 aliphatic heterocycles. The van der Waals surface area contributed by atoms with E-state index in [0.717, 1.165) is 37.4 Å². The summed E-state index contributed by atoms with van der Waals surface area (Å²) < 4.78 is 6.08. The molecule has 2 saturated heterocycles. The number of halogens is 1. The zero-order chi connectivity index (χ0) is 23.6. The Kier molecular flexibility index (Phi) is 7.11. The van der Waals surface area contributed by atoms with Crippen molar-refractivity contribution in [2.45, 2.75) is 63.8 Å². The molecule has 0 saturated carbocycles. The number of benzene rings is 1. The first-order chi connectivity index (χ1) is 15.7. The van der Waals surface area contributed by atoms with Gasteiger partial charge in [-0.3, -0.25) is 9.69 Å². The largest absolute Gasteiger partial charge is 0.368 e. The van der Waals surface area contributed by atoms with E-state index < -0.39 is 6.10 Å². The Hall–Kier alpha value is -2.36. The van der Waals surface area contributed by atoms with Gasteiger partial charge in [-0.25, -0.2) is 5.10 Å². The maximum absolute atomic E-state index is 12.9. The molecule has 9 nitrogen and oxygen atoms in total. The van der Waals surface area contributed by atoms with Gasteiger partial charge in [0, 0.05) is 42.3 Å². The average Bonchev–Trinajstić information content (AvgIpc) is 3.21. The minimum Gasteiger partial charge on any atom is -0.368 e. The van der Waals surface area contributed by atoms with Crippen LogP contribution < -0.4 is 16.0 Å². The molecule has 4 N–H and O–H groups in total. The SMILES string of the molecule is CC(C)(C)NC(=O)[C@H]1CN(C2CCN(c3n[nH]c(N)n3)CC2)[C@@H](Cc2ccc(Cl)cc2)CO1. The average molecular weight is 476 g/mol. The van der Waals surface area contributed by atoms with Gasteiger partial charge in [0.25, 0.3) is 5.91 Å². The highest BCUT2D eigenvalue weighted by Gasteiger charge is 2.38. The summed E-state index contributed by atoms with van der Waals surface area (Å²) in [7, 11) is 0. The molecule has 2 aliphatic rings. The Morgan fingerprint density at radius 2 is 1.97 bits per heavy atom. The fraction of sp³-hybridized carbons (Fsp3) is 0.609. The van der Waals surface area contributed by atoms with E-state index in [0.29, 0.717) is 31.1 Å². The number of hydrogen-bond acceptors (Lipinski definition) is 7. The van der Waals surface area contributed by atoms with E-state index in [1.54, 1.807) is 0 Å². The second-order valence-corrected chi connectivity index (χ2v) is 10.4. The van der Waals surface area contributed by atoms with Crippen LogP contribution in [0.3, 0.4) is 0 Å². The number of carbonyl (C=O) groups excluding carboxylic acids is 1. The number of nitrogen functional groups attached to an aromatic ring is 1. The van der Waals surface area contributed by atoms with Crippen molar-refractivity contribution in [2.24, 2.45) is 0 Å². The van der Waals surface area contributed by atoms with Crippen molar-refractivity contribution >= 4 is 29.4 Å². The second-order valence-electron chi connectivity index (χ2n) is 9.98. The molecular formula is C23H34ClN7O2. The Morgan fingerprint density at radius 1 is 1.27 bits per heavy atom. The summed E-state index contributed by atoms with van der Waals surface area (Å²) in [5.74, 6) is 0.926. The van der Waals surface area contributed by atoms with Crippen LogP contribution >= 0.6 is 11.6 Å². The molecule has 0 bridgehead atoms. The topological polar surface area (TPSA) is 112 Å². The number of hydrogen-bond donors (Lipinski definition) is 3. The van der Waals surface area contributed by atoms with Crippen molar-refractivity contribution in [3.05, 3.63) is 34.9 Å². The number of carbonyl (C=O) groups is 1. The van der Waals surface area contributed by atoms with Gasteiger partial charge in [0.2, 0.25) is 11.9 Å². The number of H-pyrrole nitrogens is 1. The van der Waals surface area contributed by atoms with E-state index in [-0.39, 0.29) is 17.5 Å². The predicted molar refractivity (Wildman–Crippen MR) is 129 cm³/mol. The van der Waals surface area contributed by atoms with E-state index in [1.165, 1.54) is 5.56 Å².